The number of halogens is 1. The Kier molecular flexibility index (Phi) is 5.88. The smallest absolute Gasteiger partial charge is 0.102 e. The average molecular weight is 313 g/mol. The zero-order valence-corrected chi connectivity index (χ0v) is 14.0. The molecule has 21 heavy (non-hydrogen) atoms. The molecule has 1 aromatic carbocycles. The number of rotatable bonds is 6. The minimum absolute atomic E-state index is 0.0893. The lowest BCUT2D eigenvalue weighted by Gasteiger charge is -2.21. The van der Waals surface area contributed by atoms with E-state index in [1.54, 1.807) is 14.2 Å². The molecular formula is C16H25ClN2O2. The Balaban J connectivity index is 2.14. The van der Waals surface area contributed by atoms with Crippen LogP contribution in [0.2, 0.25) is 5.02 Å². The van der Waals surface area contributed by atoms with Crippen LogP contribution in [0.1, 0.15) is 25.5 Å². The molecule has 118 valence electrons. The van der Waals surface area contributed by atoms with Crippen LogP contribution >= 0.6 is 11.6 Å². The molecule has 3 atom stereocenters. The molecule has 0 saturated carbocycles. The van der Waals surface area contributed by atoms with Crippen LogP contribution in [0, 0.1) is 0 Å². The SMILES string of the molecule is CCNC(C)c1ccc(N2CC(OC)C(OC)C2)c(Cl)c1. The Morgan fingerprint density at radius 3 is 2.38 bits per heavy atom. The van der Waals surface area contributed by atoms with Gasteiger partial charge in [-0.3, -0.25) is 0 Å². The van der Waals surface area contributed by atoms with E-state index in [1.165, 1.54) is 5.56 Å². The van der Waals surface area contributed by atoms with Crippen LogP contribution in [0.3, 0.4) is 0 Å². The molecule has 3 unspecified atom stereocenters. The highest BCUT2D eigenvalue weighted by atomic mass is 35.5. The van der Waals surface area contributed by atoms with Gasteiger partial charge < -0.3 is 19.7 Å². The van der Waals surface area contributed by atoms with Crippen LogP contribution < -0.4 is 10.2 Å². The van der Waals surface area contributed by atoms with E-state index in [4.69, 9.17) is 21.1 Å². The molecule has 0 bridgehead atoms. The molecular weight excluding hydrogens is 288 g/mol. The number of methoxy groups -OCH3 is 2. The molecule has 0 radical (unpaired) electrons. The van der Waals surface area contributed by atoms with Gasteiger partial charge in [-0.05, 0) is 31.2 Å². The monoisotopic (exact) mass is 312 g/mol. The molecule has 5 heteroatoms. The van der Waals surface area contributed by atoms with Gasteiger partial charge in [-0.15, -0.1) is 0 Å². The van der Waals surface area contributed by atoms with Gasteiger partial charge in [0, 0.05) is 33.4 Å². The van der Waals surface area contributed by atoms with E-state index in [0.29, 0.717) is 6.04 Å². The molecule has 2 rings (SSSR count). The van der Waals surface area contributed by atoms with Crippen molar-refractivity contribution in [2.45, 2.75) is 32.1 Å². The number of hydrogen-bond donors (Lipinski definition) is 1. The molecule has 0 aliphatic carbocycles. The minimum atomic E-state index is 0.0893. The number of ether oxygens (including phenoxy) is 2. The summed E-state index contributed by atoms with van der Waals surface area (Å²) in [6.07, 6.45) is 0.179. The summed E-state index contributed by atoms with van der Waals surface area (Å²) in [5.41, 5.74) is 2.25. The highest BCUT2D eigenvalue weighted by Gasteiger charge is 2.33. The average Bonchev–Trinajstić information content (AvgIpc) is 2.90. The van der Waals surface area contributed by atoms with E-state index in [0.717, 1.165) is 30.3 Å². The predicted octanol–water partition coefficient (Wildman–Crippen LogP) is 2.86. The van der Waals surface area contributed by atoms with Crippen LogP contribution in [-0.2, 0) is 9.47 Å². The van der Waals surface area contributed by atoms with Crippen molar-refractivity contribution in [1.82, 2.24) is 5.32 Å². The first-order valence-electron chi connectivity index (χ1n) is 7.44. The molecule has 1 saturated heterocycles. The lowest BCUT2D eigenvalue weighted by Crippen LogP contribution is -2.27. The molecule has 1 aliphatic rings. The van der Waals surface area contributed by atoms with Crippen LogP contribution in [-0.4, -0.2) is 46.1 Å². The fourth-order valence-corrected chi connectivity index (χ4v) is 3.17. The summed E-state index contributed by atoms with van der Waals surface area (Å²) >= 11 is 6.48. The van der Waals surface area contributed by atoms with Crippen molar-refractivity contribution < 1.29 is 9.47 Å². The highest BCUT2D eigenvalue weighted by Crippen LogP contribution is 2.32. The molecule has 0 spiro atoms. The van der Waals surface area contributed by atoms with E-state index in [1.807, 2.05) is 6.07 Å². The van der Waals surface area contributed by atoms with Crippen molar-refractivity contribution in [3.63, 3.8) is 0 Å². The molecule has 1 N–H and O–H groups in total. The fourth-order valence-electron chi connectivity index (χ4n) is 2.87. The Morgan fingerprint density at radius 1 is 1.29 bits per heavy atom. The third kappa shape index (κ3) is 3.69. The van der Waals surface area contributed by atoms with E-state index in [2.05, 4.69) is 36.2 Å². The lowest BCUT2D eigenvalue weighted by molar-refractivity contribution is -0.00461. The van der Waals surface area contributed by atoms with E-state index >= 15 is 0 Å². The van der Waals surface area contributed by atoms with Crippen molar-refractivity contribution in [2.75, 3.05) is 38.8 Å². The van der Waals surface area contributed by atoms with Crippen LogP contribution in [0.4, 0.5) is 5.69 Å². The summed E-state index contributed by atoms with van der Waals surface area (Å²) in [7, 11) is 3.45. The molecule has 1 heterocycles. The lowest BCUT2D eigenvalue weighted by atomic mass is 10.1. The first kappa shape index (κ1) is 16.6. The van der Waals surface area contributed by atoms with E-state index in [-0.39, 0.29) is 12.2 Å². The second-order valence-corrected chi connectivity index (χ2v) is 5.85. The topological polar surface area (TPSA) is 33.7 Å². The third-order valence-corrected chi connectivity index (χ3v) is 4.45. The Labute approximate surface area is 132 Å². The van der Waals surface area contributed by atoms with Gasteiger partial charge in [0.2, 0.25) is 0 Å². The maximum atomic E-state index is 6.48. The van der Waals surface area contributed by atoms with Gasteiger partial charge in [0.05, 0.1) is 10.7 Å². The quantitative estimate of drug-likeness (QED) is 0.876. The fraction of sp³-hybridized carbons (Fsp3) is 0.625. The zero-order valence-electron chi connectivity index (χ0n) is 13.2. The molecule has 0 aromatic heterocycles. The largest absolute Gasteiger partial charge is 0.377 e. The second kappa shape index (κ2) is 7.45. The van der Waals surface area contributed by atoms with E-state index < -0.39 is 0 Å². The molecule has 1 aliphatic heterocycles. The van der Waals surface area contributed by atoms with Gasteiger partial charge in [-0.25, -0.2) is 0 Å². The van der Waals surface area contributed by atoms with Crippen LogP contribution in [0.15, 0.2) is 18.2 Å². The van der Waals surface area contributed by atoms with Crippen molar-refractivity contribution in [3.8, 4) is 0 Å². The summed E-state index contributed by atoms with van der Waals surface area (Å²) in [5, 5.41) is 4.18. The van der Waals surface area contributed by atoms with Crippen molar-refractivity contribution in [3.05, 3.63) is 28.8 Å². The van der Waals surface area contributed by atoms with E-state index in [9.17, 15) is 0 Å². The van der Waals surface area contributed by atoms with Gasteiger partial charge in [0.1, 0.15) is 12.2 Å². The summed E-state index contributed by atoms with van der Waals surface area (Å²) < 4.78 is 11.0. The number of nitrogens with one attached hydrogen (secondary N) is 1. The van der Waals surface area contributed by atoms with Crippen LogP contribution in [0.5, 0.6) is 0 Å². The number of hydrogen-bond acceptors (Lipinski definition) is 4. The summed E-state index contributed by atoms with van der Waals surface area (Å²) in [6.45, 7) is 6.80. The standard InChI is InChI=1S/C16H25ClN2O2/c1-5-18-11(2)12-6-7-14(13(17)8-12)19-9-15(20-3)16(10-19)21-4/h6-8,11,15-16,18H,5,9-10H2,1-4H3. The summed E-state index contributed by atoms with van der Waals surface area (Å²) in [5.74, 6) is 0. The second-order valence-electron chi connectivity index (χ2n) is 5.44. The number of anilines is 1. The van der Waals surface area contributed by atoms with Gasteiger partial charge in [0.25, 0.3) is 0 Å². The van der Waals surface area contributed by atoms with Gasteiger partial charge in [0.15, 0.2) is 0 Å². The Morgan fingerprint density at radius 2 is 1.90 bits per heavy atom. The minimum Gasteiger partial charge on any atom is -0.377 e. The first-order chi connectivity index (χ1) is 10.1. The Hall–Kier alpha value is -0.810. The highest BCUT2D eigenvalue weighted by molar-refractivity contribution is 6.33. The number of nitrogens with zero attached hydrogens (tertiary/aromatic N) is 1. The van der Waals surface area contributed by atoms with Crippen LogP contribution in [0.25, 0.3) is 0 Å². The molecule has 0 amide bonds. The van der Waals surface area contributed by atoms with Crippen molar-refractivity contribution >= 4 is 17.3 Å². The van der Waals surface area contributed by atoms with Crippen molar-refractivity contribution in [1.29, 1.82) is 0 Å². The predicted molar refractivity (Wildman–Crippen MR) is 87.4 cm³/mol. The first-order valence-corrected chi connectivity index (χ1v) is 7.81. The zero-order chi connectivity index (χ0) is 15.4. The normalized spacial score (nSPS) is 23.6. The summed E-state index contributed by atoms with van der Waals surface area (Å²) in [6, 6.07) is 6.58. The van der Waals surface area contributed by atoms with Gasteiger partial charge in [-0.2, -0.15) is 0 Å². The third-order valence-electron chi connectivity index (χ3n) is 4.14. The molecule has 1 fully saturated rings. The molecule has 1 aromatic rings. The van der Waals surface area contributed by atoms with Gasteiger partial charge >= 0.3 is 0 Å². The maximum absolute atomic E-state index is 6.48. The summed E-state index contributed by atoms with van der Waals surface area (Å²) in [4.78, 5) is 2.23. The van der Waals surface area contributed by atoms with Crippen molar-refractivity contribution in [2.24, 2.45) is 0 Å². The molecule has 4 nitrogen and oxygen atoms in total. The maximum Gasteiger partial charge on any atom is 0.102 e. The Bertz CT molecular complexity index is 458. The van der Waals surface area contributed by atoms with Gasteiger partial charge in [-0.1, -0.05) is 24.6 Å². The number of benzene rings is 1.